The molecular formula is C25H29N5O2. The number of hydrogen-bond donors (Lipinski definition) is 2. The van der Waals surface area contributed by atoms with Gasteiger partial charge in [0.15, 0.2) is 0 Å². The van der Waals surface area contributed by atoms with Gasteiger partial charge in [0.05, 0.1) is 6.04 Å². The zero-order valence-corrected chi connectivity index (χ0v) is 18.4. The second kappa shape index (κ2) is 9.68. The molecule has 0 spiro atoms. The Labute approximate surface area is 188 Å². The van der Waals surface area contributed by atoms with E-state index >= 15 is 0 Å². The first-order valence-corrected chi connectivity index (χ1v) is 10.9. The zero-order chi connectivity index (χ0) is 22.5. The molecule has 1 aromatic heterocycles. The Balaban J connectivity index is 1.51. The number of nitrogens with zero attached hydrogens (tertiary/aromatic N) is 3. The van der Waals surface area contributed by atoms with Crippen molar-refractivity contribution in [1.82, 2.24) is 20.2 Å². The minimum absolute atomic E-state index is 0.171. The van der Waals surface area contributed by atoms with Crippen LogP contribution in [0.5, 0.6) is 0 Å². The van der Waals surface area contributed by atoms with Crippen LogP contribution in [0.4, 0.5) is 10.5 Å². The van der Waals surface area contributed by atoms with Crippen LogP contribution in [-0.2, 0) is 18.3 Å². The summed E-state index contributed by atoms with van der Waals surface area (Å²) in [6.45, 7) is 0. The van der Waals surface area contributed by atoms with Crippen LogP contribution in [0.3, 0.4) is 0 Å². The van der Waals surface area contributed by atoms with Gasteiger partial charge in [-0.05, 0) is 36.5 Å². The molecule has 166 valence electrons. The number of rotatable bonds is 8. The Morgan fingerprint density at radius 3 is 2.31 bits per heavy atom. The molecule has 2 aromatic carbocycles. The van der Waals surface area contributed by atoms with Crippen molar-refractivity contribution in [2.24, 2.45) is 13.0 Å². The number of anilines is 1. The molecule has 7 nitrogen and oxygen atoms in total. The van der Waals surface area contributed by atoms with Crippen molar-refractivity contribution in [3.8, 4) is 0 Å². The highest BCUT2D eigenvalue weighted by Gasteiger charge is 2.36. The normalized spacial score (nSPS) is 14.9. The lowest BCUT2D eigenvalue weighted by atomic mass is 10.0. The number of imidazole rings is 1. The lowest BCUT2D eigenvalue weighted by molar-refractivity contribution is -0.120. The van der Waals surface area contributed by atoms with E-state index in [2.05, 4.69) is 15.6 Å². The summed E-state index contributed by atoms with van der Waals surface area (Å²) in [5, 5.41) is 6.00. The summed E-state index contributed by atoms with van der Waals surface area (Å²) in [5.41, 5.74) is 1.76. The molecule has 0 bridgehead atoms. The molecule has 0 saturated heterocycles. The molecule has 0 radical (unpaired) electrons. The third-order valence-corrected chi connectivity index (χ3v) is 5.88. The molecule has 1 unspecified atom stereocenters. The average Bonchev–Trinajstić information content (AvgIpc) is 3.58. The summed E-state index contributed by atoms with van der Waals surface area (Å²) in [6.07, 6.45) is 6.13. The highest BCUT2D eigenvalue weighted by atomic mass is 16.2. The minimum Gasteiger partial charge on any atom is -0.336 e. The van der Waals surface area contributed by atoms with E-state index < -0.39 is 6.04 Å². The molecule has 32 heavy (non-hydrogen) atoms. The molecule has 0 aliphatic heterocycles. The van der Waals surface area contributed by atoms with Gasteiger partial charge in [-0.25, -0.2) is 9.78 Å². The zero-order valence-electron chi connectivity index (χ0n) is 18.4. The first-order valence-electron chi connectivity index (χ1n) is 10.9. The maximum Gasteiger partial charge on any atom is 0.316 e. The summed E-state index contributed by atoms with van der Waals surface area (Å²) in [5.74, 6) is 1.03. The van der Waals surface area contributed by atoms with Crippen molar-refractivity contribution in [3.05, 3.63) is 84.4 Å². The number of hydrogen-bond acceptors (Lipinski definition) is 3. The number of benzene rings is 2. The minimum atomic E-state index is -0.705. The Hall–Kier alpha value is -3.61. The van der Waals surface area contributed by atoms with Crippen LogP contribution in [0.1, 0.15) is 30.3 Å². The van der Waals surface area contributed by atoms with Gasteiger partial charge in [-0.2, -0.15) is 0 Å². The second-order valence-electron chi connectivity index (χ2n) is 8.30. The van der Waals surface area contributed by atoms with E-state index in [0.29, 0.717) is 12.3 Å². The largest absolute Gasteiger partial charge is 0.336 e. The second-order valence-corrected chi connectivity index (χ2v) is 8.30. The van der Waals surface area contributed by atoms with Crippen LogP contribution in [0.15, 0.2) is 73.1 Å². The third kappa shape index (κ3) is 5.17. The number of carbonyl (C=O) groups is 2. The van der Waals surface area contributed by atoms with Crippen molar-refractivity contribution in [2.75, 3.05) is 11.9 Å². The standard InChI is InChI=1S/C25H29N5O2/c1-29-16-15-26-23(29)22(19-13-14-19)28-25(32)27-21(17-18-9-5-3-6-10-18)24(31)30(2)20-11-7-4-8-12-20/h3-12,15-16,19,21-22H,13-14,17H2,1-2H3,(H2,27,28,32)/t21-,22?/m0/s1. The molecule has 3 aromatic rings. The fraction of sp³-hybridized carbons (Fsp3) is 0.320. The maximum atomic E-state index is 13.4. The summed E-state index contributed by atoms with van der Waals surface area (Å²) in [4.78, 5) is 32.4. The number of likely N-dealkylation sites (N-methyl/N-ethyl adjacent to an activating group) is 1. The molecule has 2 N–H and O–H groups in total. The van der Waals surface area contributed by atoms with E-state index in [9.17, 15) is 9.59 Å². The van der Waals surface area contributed by atoms with Gasteiger partial charge in [-0.3, -0.25) is 4.79 Å². The van der Waals surface area contributed by atoms with Gasteiger partial charge < -0.3 is 20.1 Å². The lowest BCUT2D eigenvalue weighted by Crippen LogP contribution is -2.52. The maximum absolute atomic E-state index is 13.4. The fourth-order valence-electron chi connectivity index (χ4n) is 3.90. The van der Waals surface area contributed by atoms with Gasteiger partial charge in [-0.1, -0.05) is 48.5 Å². The molecule has 1 saturated carbocycles. The van der Waals surface area contributed by atoms with Gasteiger partial charge in [0.25, 0.3) is 0 Å². The molecule has 1 heterocycles. The van der Waals surface area contributed by atoms with Crippen LogP contribution in [0.2, 0.25) is 0 Å². The highest BCUT2D eigenvalue weighted by molar-refractivity contribution is 5.98. The van der Waals surface area contributed by atoms with Crippen molar-refractivity contribution in [2.45, 2.75) is 31.3 Å². The van der Waals surface area contributed by atoms with Crippen molar-refractivity contribution in [3.63, 3.8) is 0 Å². The predicted molar refractivity (Wildman–Crippen MR) is 124 cm³/mol. The van der Waals surface area contributed by atoms with Gasteiger partial charge >= 0.3 is 6.03 Å². The summed E-state index contributed by atoms with van der Waals surface area (Å²) < 4.78 is 1.93. The lowest BCUT2D eigenvalue weighted by Gasteiger charge is -2.26. The monoisotopic (exact) mass is 431 g/mol. The van der Waals surface area contributed by atoms with Gasteiger partial charge in [0.2, 0.25) is 5.91 Å². The van der Waals surface area contributed by atoms with Crippen molar-refractivity contribution < 1.29 is 9.59 Å². The SMILES string of the molecule is CN(C(=O)[C@H](Cc1ccccc1)NC(=O)NC(c1nccn1C)C1CC1)c1ccccc1. The molecule has 1 aliphatic carbocycles. The number of para-hydroxylation sites is 1. The Morgan fingerprint density at radius 1 is 1.06 bits per heavy atom. The van der Waals surface area contributed by atoms with E-state index in [1.54, 1.807) is 18.1 Å². The van der Waals surface area contributed by atoms with Crippen LogP contribution >= 0.6 is 0 Å². The van der Waals surface area contributed by atoms with Crippen LogP contribution < -0.4 is 15.5 Å². The van der Waals surface area contributed by atoms with Crippen molar-refractivity contribution >= 4 is 17.6 Å². The van der Waals surface area contributed by atoms with E-state index in [4.69, 9.17) is 0 Å². The Morgan fingerprint density at radius 2 is 1.72 bits per heavy atom. The van der Waals surface area contributed by atoms with Gasteiger partial charge in [0, 0.05) is 38.6 Å². The summed E-state index contributed by atoms with van der Waals surface area (Å²) in [7, 11) is 3.66. The number of aryl methyl sites for hydroxylation is 1. The quantitative estimate of drug-likeness (QED) is 0.573. The number of urea groups is 1. The van der Waals surface area contributed by atoms with Crippen LogP contribution in [0, 0.1) is 5.92 Å². The predicted octanol–water partition coefficient (Wildman–Crippen LogP) is 3.44. The number of carbonyl (C=O) groups excluding carboxylic acids is 2. The van der Waals surface area contributed by atoms with E-state index in [1.165, 1.54) is 0 Å². The van der Waals surface area contributed by atoms with Crippen LogP contribution in [-0.4, -0.2) is 34.6 Å². The average molecular weight is 432 g/mol. The molecule has 1 fully saturated rings. The molecule has 1 aliphatic rings. The van der Waals surface area contributed by atoms with Gasteiger partial charge in [0.1, 0.15) is 11.9 Å². The number of aromatic nitrogens is 2. The first-order chi connectivity index (χ1) is 15.5. The topological polar surface area (TPSA) is 79.3 Å². The number of amides is 3. The molecule has 2 atom stereocenters. The molecule has 7 heteroatoms. The Kier molecular flexibility index (Phi) is 6.54. The molecular weight excluding hydrogens is 402 g/mol. The highest BCUT2D eigenvalue weighted by Crippen LogP contribution is 2.40. The Bertz CT molecular complexity index is 1050. The summed E-state index contributed by atoms with van der Waals surface area (Å²) >= 11 is 0. The van der Waals surface area contributed by atoms with Crippen molar-refractivity contribution in [1.29, 1.82) is 0 Å². The third-order valence-electron chi connectivity index (χ3n) is 5.88. The molecule has 3 amide bonds. The number of nitrogens with one attached hydrogen (secondary N) is 2. The first kappa shape index (κ1) is 21.6. The summed E-state index contributed by atoms with van der Waals surface area (Å²) in [6, 6.07) is 17.9. The van der Waals surface area contributed by atoms with E-state index in [-0.39, 0.29) is 18.0 Å². The van der Waals surface area contributed by atoms with E-state index in [0.717, 1.165) is 29.9 Å². The smallest absolute Gasteiger partial charge is 0.316 e. The van der Waals surface area contributed by atoms with E-state index in [1.807, 2.05) is 78.5 Å². The van der Waals surface area contributed by atoms with Gasteiger partial charge in [-0.15, -0.1) is 0 Å². The fourth-order valence-corrected chi connectivity index (χ4v) is 3.90. The molecule has 4 rings (SSSR count). The van der Waals surface area contributed by atoms with Crippen LogP contribution in [0.25, 0.3) is 0 Å².